The van der Waals surface area contributed by atoms with Gasteiger partial charge in [0.25, 0.3) is 0 Å². The molecule has 0 spiro atoms. The summed E-state index contributed by atoms with van der Waals surface area (Å²) in [7, 11) is 0. The second kappa shape index (κ2) is 1.58. The predicted octanol–water partition coefficient (Wildman–Crippen LogP) is 1.03. The fourth-order valence-corrected chi connectivity index (χ4v) is 0.662. The van der Waals surface area contributed by atoms with E-state index in [-0.39, 0.29) is 0 Å². The number of aryl methyl sites for hydroxylation is 1. The van der Waals surface area contributed by atoms with E-state index >= 15 is 0 Å². The monoisotopic (exact) mass is 113 g/mol. The quantitative estimate of drug-likeness (QED) is 0.502. The molecule has 2 nitrogen and oxygen atoms in total. The van der Waals surface area contributed by atoms with Crippen molar-refractivity contribution in [1.29, 1.82) is 0 Å². The Morgan fingerprint density at radius 1 is 1.71 bits per heavy atom. The van der Waals surface area contributed by atoms with Crippen LogP contribution in [0.1, 0.15) is 10.6 Å². The van der Waals surface area contributed by atoms with Crippen LogP contribution in [-0.2, 0) is 0 Å². The molecule has 0 aromatic carbocycles. The largest absolute Gasteiger partial charge is 0.143 e. The van der Waals surface area contributed by atoms with Gasteiger partial charge in [0.15, 0.2) is 0 Å². The van der Waals surface area contributed by atoms with Gasteiger partial charge in [-0.05, 0) is 25.4 Å². The van der Waals surface area contributed by atoms with E-state index in [0.717, 1.165) is 10.6 Å². The van der Waals surface area contributed by atoms with Crippen molar-refractivity contribution in [3.63, 3.8) is 0 Å². The summed E-state index contributed by atoms with van der Waals surface area (Å²) in [5, 5.41) is 3.67. The van der Waals surface area contributed by atoms with Gasteiger partial charge < -0.3 is 0 Å². The Morgan fingerprint density at radius 2 is 2.43 bits per heavy atom. The lowest BCUT2D eigenvalue weighted by atomic mass is 10.4. The Bertz CT molecular complexity index is 142. The van der Waals surface area contributed by atoms with Gasteiger partial charge in [-0.25, -0.2) is 0 Å². The zero-order chi connectivity index (χ0) is 5.28. The van der Waals surface area contributed by atoms with Gasteiger partial charge in [-0.1, -0.05) is 4.49 Å². The lowest BCUT2D eigenvalue weighted by Crippen LogP contribution is -1.70. The summed E-state index contributed by atoms with van der Waals surface area (Å²) in [6.07, 6.45) is 0. The molecule has 0 bridgehead atoms. The third kappa shape index (κ3) is 0.771. The summed E-state index contributed by atoms with van der Waals surface area (Å²) in [5.41, 5.74) is 0.796. The molecule has 1 rings (SSSR count). The maximum Gasteiger partial charge on any atom is 0.0788 e. The smallest absolute Gasteiger partial charge is 0.0788 e. The van der Waals surface area contributed by atoms with E-state index in [1.165, 1.54) is 11.5 Å². The minimum atomic E-state index is 0.796. The van der Waals surface area contributed by atoms with Gasteiger partial charge in [0, 0.05) is 4.88 Å². The summed E-state index contributed by atoms with van der Waals surface area (Å²) in [4.78, 5) is 1.10. The second-order valence-corrected chi connectivity index (χ2v) is 2.23. The third-order valence-electron chi connectivity index (χ3n) is 0.746. The van der Waals surface area contributed by atoms with Crippen LogP contribution in [0.5, 0.6) is 0 Å². The van der Waals surface area contributed by atoms with E-state index in [2.05, 4.69) is 16.5 Å². The number of aromatic nitrogens is 2. The molecule has 37 valence electrons. The zero-order valence-electron chi connectivity index (χ0n) is 4.01. The minimum Gasteiger partial charge on any atom is -0.143 e. The Hall–Kier alpha value is -0.440. The SMILES string of the molecule is [CH2]c1nnsc1C. The van der Waals surface area contributed by atoms with Gasteiger partial charge >= 0.3 is 0 Å². The van der Waals surface area contributed by atoms with Crippen molar-refractivity contribution in [3.05, 3.63) is 17.5 Å². The van der Waals surface area contributed by atoms with Crippen molar-refractivity contribution in [2.75, 3.05) is 0 Å². The molecule has 0 atom stereocenters. The third-order valence-corrected chi connectivity index (χ3v) is 1.42. The molecule has 1 aromatic heterocycles. The molecule has 0 aliphatic carbocycles. The standard InChI is InChI=1S/C4H5N2S/c1-3-4(2)7-6-5-3/h1H2,2H3. The first-order valence-corrected chi connectivity index (χ1v) is 2.69. The van der Waals surface area contributed by atoms with E-state index in [4.69, 9.17) is 0 Å². The highest BCUT2D eigenvalue weighted by molar-refractivity contribution is 7.05. The Balaban J connectivity index is 3.12. The van der Waals surface area contributed by atoms with Crippen LogP contribution in [0.4, 0.5) is 0 Å². The van der Waals surface area contributed by atoms with Gasteiger partial charge in [0.1, 0.15) is 0 Å². The van der Waals surface area contributed by atoms with Crippen LogP contribution in [0.2, 0.25) is 0 Å². The molecule has 0 saturated carbocycles. The van der Waals surface area contributed by atoms with E-state index in [1.807, 2.05) is 6.92 Å². The first-order valence-electron chi connectivity index (χ1n) is 1.91. The molecule has 1 aromatic rings. The molecule has 0 amide bonds. The topological polar surface area (TPSA) is 25.8 Å². The van der Waals surface area contributed by atoms with Crippen molar-refractivity contribution in [3.8, 4) is 0 Å². The Morgan fingerprint density at radius 3 is 2.57 bits per heavy atom. The molecule has 0 aliphatic rings. The lowest BCUT2D eigenvalue weighted by Gasteiger charge is -1.74. The highest BCUT2D eigenvalue weighted by Gasteiger charge is 1.91. The summed E-state index contributed by atoms with van der Waals surface area (Å²) in [5.74, 6) is 0. The number of hydrogen-bond donors (Lipinski definition) is 0. The van der Waals surface area contributed by atoms with Gasteiger partial charge in [-0.3, -0.25) is 0 Å². The summed E-state index contributed by atoms with van der Waals surface area (Å²) >= 11 is 1.38. The average Bonchev–Trinajstić information content (AvgIpc) is 1.91. The predicted molar refractivity (Wildman–Crippen MR) is 29.1 cm³/mol. The van der Waals surface area contributed by atoms with Crippen LogP contribution in [-0.4, -0.2) is 9.59 Å². The summed E-state index contributed by atoms with van der Waals surface area (Å²) in [6, 6.07) is 0. The van der Waals surface area contributed by atoms with Crippen LogP contribution in [0.25, 0.3) is 0 Å². The van der Waals surface area contributed by atoms with Gasteiger partial charge in [0.05, 0.1) is 5.69 Å². The molecule has 0 N–H and O–H groups in total. The molecule has 1 radical (unpaired) electrons. The van der Waals surface area contributed by atoms with Gasteiger partial charge in [-0.2, -0.15) is 0 Å². The first-order chi connectivity index (χ1) is 3.30. The van der Waals surface area contributed by atoms with Crippen LogP contribution >= 0.6 is 11.5 Å². The van der Waals surface area contributed by atoms with Crippen molar-refractivity contribution in [2.45, 2.75) is 6.92 Å². The van der Waals surface area contributed by atoms with Crippen LogP contribution in [0.15, 0.2) is 0 Å². The average molecular weight is 113 g/mol. The summed E-state index contributed by atoms with van der Waals surface area (Å²) < 4.78 is 3.65. The molecule has 0 aliphatic heterocycles. The van der Waals surface area contributed by atoms with Crippen LogP contribution in [0.3, 0.4) is 0 Å². The van der Waals surface area contributed by atoms with E-state index in [9.17, 15) is 0 Å². The number of rotatable bonds is 0. The summed E-state index contributed by atoms with van der Waals surface area (Å²) in [6.45, 7) is 5.57. The highest BCUT2D eigenvalue weighted by atomic mass is 32.1. The molecule has 0 unspecified atom stereocenters. The minimum absolute atomic E-state index is 0.796. The number of hydrogen-bond acceptors (Lipinski definition) is 3. The highest BCUT2D eigenvalue weighted by Crippen LogP contribution is 2.04. The maximum atomic E-state index is 3.67. The van der Waals surface area contributed by atoms with Crippen molar-refractivity contribution in [1.82, 2.24) is 9.59 Å². The van der Waals surface area contributed by atoms with Crippen molar-refractivity contribution in [2.24, 2.45) is 0 Å². The van der Waals surface area contributed by atoms with Crippen molar-refractivity contribution < 1.29 is 0 Å². The van der Waals surface area contributed by atoms with Gasteiger partial charge in [0.2, 0.25) is 0 Å². The lowest BCUT2D eigenvalue weighted by molar-refractivity contribution is 1.12. The molecular weight excluding hydrogens is 108 g/mol. The van der Waals surface area contributed by atoms with Crippen molar-refractivity contribution >= 4 is 11.5 Å². The first kappa shape index (κ1) is 4.71. The second-order valence-electron chi connectivity index (χ2n) is 1.28. The zero-order valence-corrected chi connectivity index (χ0v) is 4.83. The van der Waals surface area contributed by atoms with E-state index < -0.39 is 0 Å². The Labute approximate surface area is 46.4 Å². The maximum absolute atomic E-state index is 3.67. The van der Waals surface area contributed by atoms with Gasteiger partial charge in [-0.15, -0.1) is 5.10 Å². The van der Waals surface area contributed by atoms with Crippen LogP contribution < -0.4 is 0 Å². The molecule has 0 saturated heterocycles. The fraction of sp³-hybridized carbons (Fsp3) is 0.250. The molecule has 0 fully saturated rings. The molecule has 3 heteroatoms. The fourth-order valence-electron chi connectivity index (χ4n) is 0.254. The molecule has 7 heavy (non-hydrogen) atoms. The molecule has 1 heterocycles. The normalized spacial score (nSPS) is 9.43. The van der Waals surface area contributed by atoms with E-state index in [1.54, 1.807) is 0 Å². The Kier molecular flexibility index (Phi) is 1.06. The number of nitrogens with zero attached hydrogens (tertiary/aromatic N) is 2. The molecular formula is C4H5N2S. The van der Waals surface area contributed by atoms with Crippen LogP contribution in [0, 0.1) is 13.8 Å². The van der Waals surface area contributed by atoms with E-state index in [0.29, 0.717) is 0 Å².